The van der Waals surface area contributed by atoms with E-state index in [1.165, 1.54) is 0 Å². The van der Waals surface area contributed by atoms with Crippen molar-refractivity contribution in [3.8, 4) is 17.7 Å². The Kier molecular flexibility index (Phi) is 7.55. The minimum absolute atomic E-state index is 0.375. The Labute approximate surface area is 177 Å². The molecule has 2 heterocycles. The molecule has 0 amide bonds. The molecule has 2 aromatic heterocycles. The zero-order valence-electron chi connectivity index (χ0n) is 17.9. The number of ether oxygens (including phenoxy) is 2. The number of anilines is 1. The molecule has 0 saturated carbocycles. The minimum atomic E-state index is 0.375. The van der Waals surface area contributed by atoms with Crippen molar-refractivity contribution < 1.29 is 9.47 Å². The van der Waals surface area contributed by atoms with Gasteiger partial charge in [0.15, 0.2) is 11.3 Å². The summed E-state index contributed by atoms with van der Waals surface area (Å²) in [6, 6.07) is 11.7. The lowest BCUT2D eigenvalue weighted by Crippen LogP contribution is -2.19. The predicted molar refractivity (Wildman–Crippen MR) is 119 cm³/mol. The summed E-state index contributed by atoms with van der Waals surface area (Å²) in [6.07, 6.45) is 1.69. The largest absolute Gasteiger partial charge is 0.473 e. The van der Waals surface area contributed by atoms with Gasteiger partial charge in [0.05, 0.1) is 13.2 Å². The third kappa shape index (κ3) is 6.14. The monoisotopic (exact) mass is 405 g/mol. The van der Waals surface area contributed by atoms with Gasteiger partial charge < -0.3 is 19.3 Å². The van der Waals surface area contributed by atoms with E-state index in [0.29, 0.717) is 42.6 Å². The number of pyridine rings is 1. The molecule has 0 unspecified atom stereocenters. The van der Waals surface area contributed by atoms with E-state index in [1.807, 2.05) is 69.5 Å². The number of hydrogen-bond donors (Lipinski definition) is 0. The van der Waals surface area contributed by atoms with Crippen LogP contribution < -0.4 is 9.64 Å². The van der Waals surface area contributed by atoms with Crippen LogP contribution in [0.3, 0.4) is 0 Å². The number of fused-ring (bicyclic) bond motifs is 1. The van der Waals surface area contributed by atoms with Gasteiger partial charge in [0.25, 0.3) is 0 Å². The Hall–Kier alpha value is -3.21. The van der Waals surface area contributed by atoms with E-state index in [4.69, 9.17) is 9.47 Å². The summed E-state index contributed by atoms with van der Waals surface area (Å²) in [7, 11) is 8.04. The van der Waals surface area contributed by atoms with Crippen molar-refractivity contribution >= 4 is 16.9 Å². The summed E-state index contributed by atoms with van der Waals surface area (Å²) in [5, 5.41) is 0. The normalized spacial score (nSPS) is 10.7. The molecule has 0 aliphatic carbocycles. The van der Waals surface area contributed by atoms with Crippen molar-refractivity contribution in [2.24, 2.45) is 0 Å². The second kappa shape index (κ2) is 10.5. The van der Waals surface area contributed by atoms with Crippen LogP contribution in [0.1, 0.15) is 11.3 Å². The van der Waals surface area contributed by atoms with Gasteiger partial charge in [0.1, 0.15) is 12.1 Å². The maximum Gasteiger partial charge on any atom is 0.249 e. The van der Waals surface area contributed by atoms with Crippen molar-refractivity contribution in [2.75, 3.05) is 59.5 Å². The van der Waals surface area contributed by atoms with Gasteiger partial charge in [-0.15, -0.1) is 0 Å². The van der Waals surface area contributed by atoms with Crippen LogP contribution in [0.4, 0.5) is 5.69 Å². The summed E-state index contributed by atoms with van der Waals surface area (Å²) >= 11 is 0. The molecule has 0 fully saturated rings. The molecule has 0 aliphatic rings. The molecule has 7 nitrogen and oxygen atoms in total. The average Bonchev–Trinajstić information content (AvgIpc) is 2.74. The van der Waals surface area contributed by atoms with Gasteiger partial charge in [0, 0.05) is 38.1 Å². The van der Waals surface area contributed by atoms with Crippen LogP contribution >= 0.6 is 0 Å². The topological polar surface area (TPSA) is 63.6 Å². The summed E-state index contributed by atoms with van der Waals surface area (Å²) in [4.78, 5) is 17.5. The molecule has 156 valence electrons. The number of nitrogens with zero attached hydrogens (tertiary/aromatic N) is 5. The SMILES string of the molecule is CN(C)CCOCCOc1nc2cccnc2nc1C#Cc1ccc(N(C)C)cc1. The van der Waals surface area contributed by atoms with E-state index in [1.54, 1.807) is 6.20 Å². The van der Waals surface area contributed by atoms with Crippen LogP contribution in [0.15, 0.2) is 42.6 Å². The molecule has 1 aromatic carbocycles. The molecule has 0 atom stereocenters. The third-order valence-corrected chi connectivity index (χ3v) is 4.27. The molecule has 0 spiro atoms. The van der Waals surface area contributed by atoms with E-state index in [-0.39, 0.29) is 0 Å². The molecule has 30 heavy (non-hydrogen) atoms. The Morgan fingerprint density at radius 1 is 0.900 bits per heavy atom. The molecule has 7 heteroatoms. The molecule has 3 rings (SSSR count). The van der Waals surface area contributed by atoms with Gasteiger partial charge >= 0.3 is 0 Å². The first-order valence-corrected chi connectivity index (χ1v) is 9.80. The lowest BCUT2D eigenvalue weighted by Gasteiger charge is -2.11. The predicted octanol–water partition coefficient (Wildman–Crippen LogP) is 2.45. The average molecular weight is 406 g/mol. The fraction of sp³-hybridized carbons (Fsp3) is 0.348. The molecule has 0 aliphatic heterocycles. The van der Waals surface area contributed by atoms with Crippen LogP contribution in [0.25, 0.3) is 11.2 Å². The fourth-order valence-electron chi connectivity index (χ4n) is 2.58. The number of hydrogen-bond acceptors (Lipinski definition) is 7. The van der Waals surface area contributed by atoms with Crippen LogP contribution in [0, 0.1) is 11.8 Å². The molecular formula is C23H27N5O2. The summed E-state index contributed by atoms with van der Waals surface area (Å²) < 4.78 is 11.4. The highest BCUT2D eigenvalue weighted by molar-refractivity contribution is 5.71. The van der Waals surface area contributed by atoms with Gasteiger partial charge in [-0.25, -0.2) is 15.0 Å². The van der Waals surface area contributed by atoms with Gasteiger partial charge in [-0.2, -0.15) is 0 Å². The third-order valence-electron chi connectivity index (χ3n) is 4.27. The zero-order chi connectivity index (χ0) is 21.3. The number of benzene rings is 1. The van der Waals surface area contributed by atoms with Gasteiger partial charge in [0.2, 0.25) is 5.88 Å². The van der Waals surface area contributed by atoms with Gasteiger partial charge in [-0.05, 0) is 56.4 Å². The standard InChI is InChI=1S/C23H27N5O2/c1-27(2)14-15-29-16-17-30-23-21(25-22-20(26-23)6-5-13-24-22)12-9-18-7-10-19(11-8-18)28(3)4/h5-8,10-11,13H,14-17H2,1-4H3. The first-order chi connectivity index (χ1) is 14.5. The van der Waals surface area contributed by atoms with Crippen molar-refractivity contribution in [2.45, 2.75) is 0 Å². The first kappa shape index (κ1) is 21.5. The molecule has 0 saturated heterocycles. The van der Waals surface area contributed by atoms with E-state index in [2.05, 4.69) is 31.7 Å². The Bertz CT molecular complexity index is 1020. The maximum atomic E-state index is 5.84. The Balaban J connectivity index is 1.76. The second-order valence-corrected chi connectivity index (χ2v) is 7.18. The number of rotatable bonds is 8. The molecule has 3 aromatic rings. The molecule has 0 N–H and O–H groups in total. The summed E-state index contributed by atoms with van der Waals surface area (Å²) in [5.74, 6) is 6.62. The summed E-state index contributed by atoms with van der Waals surface area (Å²) in [6.45, 7) is 2.36. The van der Waals surface area contributed by atoms with E-state index in [9.17, 15) is 0 Å². The minimum Gasteiger partial charge on any atom is -0.473 e. The molecule has 0 radical (unpaired) electrons. The fourth-order valence-corrected chi connectivity index (χ4v) is 2.58. The first-order valence-electron chi connectivity index (χ1n) is 9.80. The van der Waals surface area contributed by atoms with E-state index in [0.717, 1.165) is 17.8 Å². The Morgan fingerprint density at radius 3 is 2.43 bits per heavy atom. The highest BCUT2D eigenvalue weighted by Crippen LogP contribution is 2.17. The molecule has 0 bridgehead atoms. The zero-order valence-corrected chi connectivity index (χ0v) is 17.9. The highest BCUT2D eigenvalue weighted by atomic mass is 16.5. The van der Waals surface area contributed by atoms with Crippen LogP contribution in [-0.2, 0) is 4.74 Å². The van der Waals surface area contributed by atoms with Crippen LogP contribution in [0.2, 0.25) is 0 Å². The lowest BCUT2D eigenvalue weighted by molar-refractivity contribution is 0.0875. The van der Waals surface area contributed by atoms with E-state index < -0.39 is 0 Å². The van der Waals surface area contributed by atoms with Crippen LogP contribution in [-0.4, -0.2) is 74.4 Å². The van der Waals surface area contributed by atoms with Crippen molar-refractivity contribution in [1.82, 2.24) is 19.9 Å². The Morgan fingerprint density at radius 2 is 1.70 bits per heavy atom. The summed E-state index contributed by atoms with van der Waals surface area (Å²) in [5.41, 5.74) is 3.68. The lowest BCUT2D eigenvalue weighted by atomic mass is 10.2. The van der Waals surface area contributed by atoms with Crippen molar-refractivity contribution in [3.63, 3.8) is 0 Å². The number of aromatic nitrogens is 3. The maximum absolute atomic E-state index is 5.84. The second-order valence-electron chi connectivity index (χ2n) is 7.18. The highest BCUT2D eigenvalue weighted by Gasteiger charge is 2.09. The van der Waals surface area contributed by atoms with Gasteiger partial charge in [-0.3, -0.25) is 0 Å². The van der Waals surface area contributed by atoms with Gasteiger partial charge in [-0.1, -0.05) is 5.92 Å². The van der Waals surface area contributed by atoms with Crippen molar-refractivity contribution in [3.05, 3.63) is 53.9 Å². The smallest absolute Gasteiger partial charge is 0.249 e. The van der Waals surface area contributed by atoms with E-state index >= 15 is 0 Å². The molecular weight excluding hydrogens is 378 g/mol. The van der Waals surface area contributed by atoms with Crippen molar-refractivity contribution in [1.29, 1.82) is 0 Å². The van der Waals surface area contributed by atoms with Crippen LogP contribution in [0.5, 0.6) is 5.88 Å². The quantitative estimate of drug-likeness (QED) is 0.421. The number of likely N-dealkylation sites (N-methyl/N-ethyl adjacent to an activating group) is 1.